The van der Waals surface area contributed by atoms with Crippen molar-refractivity contribution in [2.24, 2.45) is 0 Å². The number of halogens is 1. The molecule has 1 saturated heterocycles. The van der Waals surface area contributed by atoms with Crippen LogP contribution in [-0.4, -0.2) is 31.1 Å². The van der Waals surface area contributed by atoms with Crippen LogP contribution >= 0.6 is 15.9 Å². The zero-order chi connectivity index (χ0) is 11.5. The molecule has 16 heavy (non-hydrogen) atoms. The smallest absolute Gasteiger partial charge is 0.292 e. The van der Waals surface area contributed by atoms with E-state index in [2.05, 4.69) is 21.2 Å². The molecular weight excluding hydrogens is 274 g/mol. The van der Waals surface area contributed by atoms with E-state index in [1.165, 1.54) is 0 Å². The molecule has 1 aromatic rings. The Morgan fingerprint density at radius 1 is 1.38 bits per heavy atom. The fourth-order valence-electron chi connectivity index (χ4n) is 1.81. The van der Waals surface area contributed by atoms with Crippen LogP contribution in [0.3, 0.4) is 0 Å². The molecule has 0 radical (unpaired) electrons. The zero-order valence-electron chi connectivity index (χ0n) is 8.65. The molecule has 0 saturated carbocycles. The third-order valence-corrected chi connectivity index (χ3v) is 3.09. The van der Waals surface area contributed by atoms with Gasteiger partial charge in [0.2, 0.25) is 0 Å². The van der Waals surface area contributed by atoms with Crippen molar-refractivity contribution in [1.29, 1.82) is 0 Å². The van der Waals surface area contributed by atoms with Crippen LogP contribution in [0.1, 0.15) is 0 Å². The van der Waals surface area contributed by atoms with E-state index in [1.54, 1.807) is 12.1 Å². The summed E-state index contributed by atoms with van der Waals surface area (Å²) in [6.45, 7) is 3.34. The SMILES string of the molecule is O=[N+]([O-])c1ccc(Br)cc1N1CCNCC1. The first-order valence-electron chi connectivity index (χ1n) is 5.08. The maximum atomic E-state index is 10.9. The lowest BCUT2D eigenvalue weighted by Gasteiger charge is -2.29. The summed E-state index contributed by atoms with van der Waals surface area (Å²) in [6.07, 6.45) is 0. The molecule has 0 unspecified atom stereocenters. The minimum absolute atomic E-state index is 0.171. The van der Waals surface area contributed by atoms with Gasteiger partial charge in [0.1, 0.15) is 5.69 Å². The van der Waals surface area contributed by atoms with Crippen molar-refractivity contribution in [2.75, 3.05) is 31.1 Å². The van der Waals surface area contributed by atoms with Crippen LogP contribution in [0.4, 0.5) is 11.4 Å². The Balaban J connectivity index is 2.36. The van der Waals surface area contributed by atoms with E-state index in [1.807, 2.05) is 11.0 Å². The Kier molecular flexibility index (Phi) is 3.40. The molecule has 1 aliphatic rings. The Hall–Kier alpha value is -1.14. The second-order valence-corrected chi connectivity index (χ2v) is 4.54. The van der Waals surface area contributed by atoms with Gasteiger partial charge in [0.05, 0.1) is 4.92 Å². The number of nitrogens with zero attached hydrogens (tertiary/aromatic N) is 2. The molecule has 5 nitrogen and oxygen atoms in total. The predicted molar refractivity (Wildman–Crippen MR) is 65.9 cm³/mol. The minimum atomic E-state index is -0.330. The van der Waals surface area contributed by atoms with Crippen LogP contribution in [0, 0.1) is 10.1 Å². The third kappa shape index (κ3) is 2.33. The maximum absolute atomic E-state index is 10.9. The largest absolute Gasteiger partial charge is 0.363 e. The summed E-state index contributed by atoms with van der Waals surface area (Å²) >= 11 is 3.35. The second kappa shape index (κ2) is 4.80. The Morgan fingerprint density at radius 3 is 2.69 bits per heavy atom. The Labute approximate surface area is 102 Å². The number of nitro benzene ring substituents is 1. The molecule has 86 valence electrons. The number of benzene rings is 1. The molecule has 0 amide bonds. The van der Waals surface area contributed by atoms with E-state index in [4.69, 9.17) is 0 Å². The number of rotatable bonds is 2. The van der Waals surface area contributed by atoms with Crippen molar-refractivity contribution in [3.63, 3.8) is 0 Å². The topological polar surface area (TPSA) is 58.4 Å². The van der Waals surface area contributed by atoms with Crippen LogP contribution in [0.5, 0.6) is 0 Å². The standard InChI is InChI=1S/C10H12BrN3O2/c11-8-1-2-9(14(15)16)10(7-8)13-5-3-12-4-6-13/h1-2,7,12H,3-6H2. The van der Waals surface area contributed by atoms with Gasteiger partial charge in [-0.3, -0.25) is 10.1 Å². The molecule has 1 aromatic carbocycles. The van der Waals surface area contributed by atoms with Gasteiger partial charge >= 0.3 is 0 Å². The first-order valence-corrected chi connectivity index (χ1v) is 5.87. The molecule has 1 N–H and O–H groups in total. The molecule has 0 atom stereocenters. The second-order valence-electron chi connectivity index (χ2n) is 3.63. The zero-order valence-corrected chi connectivity index (χ0v) is 10.2. The summed E-state index contributed by atoms with van der Waals surface area (Å²) in [7, 11) is 0. The van der Waals surface area contributed by atoms with Crippen molar-refractivity contribution in [3.8, 4) is 0 Å². The van der Waals surface area contributed by atoms with Crippen LogP contribution in [0.15, 0.2) is 22.7 Å². The van der Waals surface area contributed by atoms with E-state index in [0.717, 1.165) is 30.7 Å². The van der Waals surface area contributed by atoms with Gasteiger partial charge in [-0.15, -0.1) is 0 Å². The summed E-state index contributed by atoms with van der Waals surface area (Å²) in [5.41, 5.74) is 0.867. The minimum Gasteiger partial charge on any atom is -0.363 e. The van der Waals surface area contributed by atoms with Gasteiger partial charge in [-0.1, -0.05) is 15.9 Å². The van der Waals surface area contributed by atoms with E-state index in [-0.39, 0.29) is 10.6 Å². The number of nitro groups is 1. The van der Waals surface area contributed by atoms with Gasteiger partial charge in [0.15, 0.2) is 0 Å². The van der Waals surface area contributed by atoms with Gasteiger partial charge in [0.25, 0.3) is 5.69 Å². The number of nitrogens with one attached hydrogen (secondary N) is 1. The highest BCUT2D eigenvalue weighted by molar-refractivity contribution is 9.10. The van der Waals surface area contributed by atoms with Crippen molar-refractivity contribution in [1.82, 2.24) is 5.32 Å². The monoisotopic (exact) mass is 285 g/mol. The molecular formula is C10H12BrN3O2. The summed E-state index contributed by atoms with van der Waals surface area (Å²) in [4.78, 5) is 12.6. The van der Waals surface area contributed by atoms with Gasteiger partial charge in [-0.05, 0) is 12.1 Å². The molecule has 0 aromatic heterocycles. The highest BCUT2D eigenvalue weighted by Gasteiger charge is 2.20. The normalized spacial score (nSPS) is 16.2. The highest BCUT2D eigenvalue weighted by atomic mass is 79.9. The number of hydrogen-bond donors (Lipinski definition) is 1. The summed E-state index contributed by atoms with van der Waals surface area (Å²) in [5, 5.41) is 14.1. The van der Waals surface area contributed by atoms with Crippen LogP contribution in [0.2, 0.25) is 0 Å². The summed E-state index contributed by atoms with van der Waals surface area (Å²) in [6, 6.07) is 5.05. The first-order chi connectivity index (χ1) is 7.68. The molecule has 0 bridgehead atoms. The molecule has 1 heterocycles. The number of anilines is 1. The average Bonchev–Trinajstić information content (AvgIpc) is 2.29. The Morgan fingerprint density at radius 2 is 2.06 bits per heavy atom. The van der Waals surface area contributed by atoms with E-state index >= 15 is 0 Å². The van der Waals surface area contributed by atoms with Crippen LogP contribution < -0.4 is 10.2 Å². The highest BCUT2D eigenvalue weighted by Crippen LogP contribution is 2.31. The van der Waals surface area contributed by atoms with Crippen molar-refractivity contribution in [2.45, 2.75) is 0 Å². The van der Waals surface area contributed by atoms with Crippen molar-refractivity contribution < 1.29 is 4.92 Å². The molecule has 0 spiro atoms. The molecule has 1 aliphatic heterocycles. The van der Waals surface area contributed by atoms with Crippen LogP contribution in [0.25, 0.3) is 0 Å². The Bertz CT molecular complexity index is 405. The molecule has 2 rings (SSSR count). The first kappa shape index (κ1) is 11.3. The fraction of sp³-hybridized carbons (Fsp3) is 0.400. The third-order valence-electron chi connectivity index (χ3n) is 2.59. The lowest BCUT2D eigenvalue weighted by molar-refractivity contribution is -0.384. The quantitative estimate of drug-likeness (QED) is 0.665. The predicted octanol–water partition coefficient (Wildman–Crippen LogP) is 1.77. The molecule has 0 aliphatic carbocycles. The number of piperazine rings is 1. The van der Waals surface area contributed by atoms with Crippen LogP contribution in [-0.2, 0) is 0 Å². The summed E-state index contributed by atoms with van der Waals surface area (Å²) < 4.78 is 0.867. The number of hydrogen-bond acceptors (Lipinski definition) is 4. The van der Waals surface area contributed by atoms with E-state index < -0.39 is 0 Å². The van der Waals surface area contributed by atoms with Gasteiger partial charge in [-0.2, -0.15) is 0 Å². The van der Waals surface area contributed by atoms with Gasteiger partial charge < -0.3 is 10.2 Å². The van der Waals surface area contributed by atoms with Crippen molar-refractivity contribution in [3.05, 3.63) is 32.8 Å². The van der Waals surface area contributed by atoms with Gasteiger partial charge in [0, 0.05) is 36.7 Å². The lowest BCUT2D eigenvalue weighted by atomic mass is 10.2. The van der Waals surface area contributed by atoms with E-state index in [0.29, 0.717) is 5.69 Å². The average molecular weight is 286 g/mol. The van der Waals surface area contributed by atoms with E-state index in [9.17, 15) is 10.1 Å². The lowest BCUT2D eigenvalue weighted by Crippen LogP contribution is -2.43. The van der Waals surface area contributed by atoms with Gasteiger partial charge in [-0.25, -0.2) is 0 Å². The molecule has 6 heteroatoms. The maximum Gasteiger partial charge on any atom is 0.292 e. The molecule has 1 fully saturated rings. The fourth-order valence-corrected chi connectivity index (χ4v) is 2.16. The van der Waals surface area contributed by atoms with Crippen molar-refractivity contribution >= 4 is 27.3 Å². The summed E-state index contributed by atoms with van der Waals surface area (Å²) in [5.74, 6) is 0.